The Labute approximate surface area is 138 Å². The summed E-state index contributed by atoms with van der Waals surface area (Å²) >= 11 is 5.93. The molecule has 2 aromatic rings. The molecule has 0 saturated heterocycles. The van der Waals surface area contributed by atoms with E-state index in [0.717, 1.165) is 5.56 Å². The number of hydrogen-bond acceptors (Lipinski definition) is 5. The SMILES string of the molecule is COc1ccccc1C1=NO[C@@H](C(=O)Nc2cccnc2Cl)C1. The standard InChI is InChI=1S/C16H14ClN3O3/c1-22-13-7-3-2-5-10(13)12-9-14(23-20-12)16(21)19-11-6-4-8-18-15(11)17/h2-8,14H,9H2,1H3,(H,19,21)/t14-/m1/s1. The van der Waals surface area contributed by atoms with Crippen molar-refractivity contribution in [2.24, 2.45) is 5.16 Å². The number of methoxy groups -OCH3 is 1. The predicted molar refractivity (Wildman–Crippen MR) is 86.9 cm³/mol. The van der Waals surface area contributed by atoms with Crippen LogP contribution in [0.3, 0.4) is 0 Å². The van der Waals surface area contributed by atoms with E-state index in [1.54, 1.807) is 25.4 Å². The highest BCUT2D eigenvalue weighted by atomic mass is 35.5. The van der Waals surface area contributed by atoms with Gasteiger partial charge in [-0.05, 0) is 24.3 Å². The zero-order valence-corrected chi connectivity index (χ0v) is 13.1. The summed E-state index contributed by atoms with van der Waals surface area (Å²) < 4.78 is 5.30. The molecule has 1 atom stereocenters. The van der Waals surface area contributed by atoms with Crippen LogP contribution >= 0.6 is 11.6 Å². The van der Waals surface area contributed by atoms with Crippen molar-refractivity contribution in [2.45, 2.75) is 12.5 Å². The van der Waals surface area contributed by atoms with Crippen molar-refractivity contribution in [1.82, 2.24) is 4.98 Å². The molecule has 3 rings (SSSR count). The number of ether oxygens (including phenoxy) is 1. The summed E-state index contributed by atoms with van der Waals surface area (Å²) in [7, 11) is 1.59. The molecule has 1 aromatic heterocycles. The van der Waals surface area contributed by atoms with Crippen LogP contribution in [0.5, 0.6) is 5.75 Å². The van der Waals surface area contributed by atoms with Gasteiger partial charge in [0.05, 0.1) is 18.5 Å². The Morgan fingerprint density at radius 1 is 1.35 bits per heavy atom. The molecule has 1 aromatic carbocycles. The van der Waals surface area contributed by atoms with Crippen molar-refractivity contribution in [2.75, 3.05) is 12.4 Å². The van der Waals surface area contributed by atoms with E-state index in [9.17, 15) is 4.79 Å². The van der Waals surface area contributed by atoms with Gasteiger partial charge in [-0.15, -0.1) is 0 Å². The Kier molecular flexibility index (Phi) is 4.43. The number of pyridine rings is 1. The number of hydrogen-bond donors (Lipinski definition) is 1. The molecular formula is C16H14ClN3O3. The Morgan fingerprint density at radius 3 is 2.96 bits per heavy atom. The molecular weight excluding hydrogens is 318 g/mol. The Hall–Kier alpha value is -2.60. The molecule has 7 heteroatoms. The van der Waals surface area contributed by atoms with Crippen molar-refractivity contribution in [3.63, 3.8) is 0 Å². The number of nitrogens with one attached hydrogen (secondary N) is 1. The second-order valence-corrected chi connectivity index (χ2v) is 5.23. The van der Waals surface area contributed by atoms with Crippen molar-refractivity contribution >= 4 is 28.9 Å². The predicted octanol–water partition coefficient (Wildman–Crippen LogP) is 2.88. The quantitative estimate of drug-likeness (QED) is 0.874. The molecule has 0 unspecified atom stereocenters. The van der Waals surface area contributed by atoms with Crippen LogP contribution in [0.1, 0.15) is 12.0 Å². The zero-order valence-electron chi connectivity index (χ0n) is 12.3. The molecule has 0 saturated carbocycles. The van der Waals surface area contributed by atoms with Crippen LogP contribution in [0.15, 0.2) is 47.8 Å². The third kappa shape index (κ3) is 3.27. The van der Waals surface area contributed by atoms with Gasteiger partial charge in [0.2, 0.25) is 6.10 Å². The fourth-order valence-corrected chi connectivity index (χ4v) is 2.42. The van der Waals surface area contributed by atoms with Crippen molar-refractivity contribution in [3.05, 3.63) is 53.3 Å². The molecule has 118 valence electrons. The van der Waals surface area contributed by atoms with E-state index in [1.165, 1.54) is 0 Å². The molecule has 0 bridgehead atoms. The number of halogens is 1. The van der Waals surface area contributed by atoms with Crippen molar-refractivity contribution in [1.29, 1.82) is 0 Å². The molecule has 0 spiro atoms. The fourth-order valence-electron chi connectivity index (χ4n) is 2.25. The highest BCUT2D eigenvalue weighted by Gasteiger charge is 2.30. The van der Waals surface area contributed by atoms with E-state index in [4.69, 9.17) is 21.2 Å². The average molecular weight is 332 g/mol. The first kappa shape index (κ1) is 15.3. The number of oxime groups is 1. The largest absolute Gasteiger partial charge is 0.496 e. The van der Waals surface area contributed by atoms with E-state index in [1.807, 2.05) is 24.3 Å². The summed E-state index contributed by atoms with van der Waals surface area (Å²) in [6.07, 6.45) is 1.18. The van der Waals surface area contributed by atoms with E-state index < -0.39 is 6.10 Å². The molecule has 2 heterocycles. The highest BCUT2D eigenvalue weighted by molar-refractivity contribution is 6.32. The maximum Gasteiger partial charge on any atom is 0.268 e. The zero-order chi connectivity index (χ0) is 16.2. The minimum absolute atomic E-state index is 0.227. The van der Waals surface area contributed by atoms with E-state index >= 15 is 0 Å². The molecule has 1 aliphatic rings. The molecule has 0 fully saturated rings. The maximum atomic E-state index is 12.3. The summed E-state index contributed by atoms with van der Waals surface area (Å²) in [5, 5.41) is 6.92. The van der Waals surface area contributed by atoms with E-state index in [2.05, 4.69) is 15.5 Å². The summed E-state index contributed by atoms with van der Waals surface area (Å²) in [4.78, 5) is 21.4. The average Bonchev–Trinajstić information content (AvgIpc) is 3.07. The number of anilines is 1. The first-order valence-electron chi connectivity index (χ1n) is 6.96. The Bertz CT molecular complexity index is 764. The summed E-state index contributed by atoms with van der Waals surface area (Å²) in [6.45, 7) is 0. The molecule has 1 N–H and O–H groups in total. The monoisotopic (exact) mass is 331 g/mol. The molecule has 23 heavy (non-hydrogen) atoms. The van der Waals surface area contributed by atoms with Gasteiger partial charge in [-0.3, -0.25) is 4.79 Å². The smallest absolute Gasteiger partial charge is 0.268 e. The third-order valence-corrected chi connectivity index (χ3v) is 3.70. The number of carbonyl (C=O) groups excluding carboxylic acids is 1. The topological polar surface area (TPSA) is 72.8 Å². The van der Waals surface area contributed by atoms with Crippen LogP contribution in [-0.4, -0.2) is 29.8 Å². The van der Waals surface area contributed by atoms with Gasteiger partial charge in [-0.25, -0.2) is 4.98 Å². The number of amides is 1. The van der Waals surface area contributed by atoms with Gasteiger partial charge in [0.1, 0.15) is 5.75 Å². The number of aromatic nitrogens is 1. The van der Waals surface area contributed by atoms with Crippen LogP contribution in [0.25, 0.3) is 0 Å². The van der Waals surface area contributed by atoms with Gasteiger partial charge in [0, 0.05) is 18.2 Å². The van der Waals surface area contributed by atoms with Crippen LogP contribution < -0.4 is 10.1 Å². The first-order chi connectivity index (χ1) is 11.2. The molecule has 1 amide bonds. The summed E-state index contributed by atoms with van der Waals surface area (Å²) in [5.74, 6) is 0.361. The van der Waals surface area contributed by atoms with Gasteiger partial charge in [-0.2, -0.15) is 0 Å². The van der Waals surface area contributed by atoms with Crippen LogP contribution in [-0.2, 0) is 9.63 Å². The second-order valence-electron chi connectivity index (χ2n) is 4.87. The highest BCUT2D eigenvalue weighted by Crippen LogP contribution is 2.25. The minimum Gasteiger partial charge on any atom is -0.496 e. The van der Waals surface area contributed by atoms with Crippen molar-refractivity contribution < 1.29 is 14.4 Å². The lowest BCUT2D eigenvalue weighted by atomic mass is 10.0. The normalized spacial score (nSPS) is 16.4. The number of rotatable bonds is 4. The van der Waals surface area contributed by atoms with Gasteiger partial charge in [0.15, 0.2) is 5.15 Å². The lowest BCUT2D eigenvalue weighted by Gasteiger charge is -2.10. The summed E-state index contributed by atoms with van der Waals surface area (Å²) in [5.41, 5.74) is 1.91. The molecule has 0 aliphatic carbocycles. The number of carbonyl (C=O) groups is 1. The molecule has 1 aliphatic heterocycles. The Balaban J connectivity index is 1.69. The molecule has 0 radical (unpaired) electrons. The van der Waals surface area contributed by atoms with Crippen LogP contribution in [0.4, 0.5) is 5.69 Å². The van der Waals surface area contributed by atoms with Gasteiger partial charge < -0.3 is 14.9 Å². The number of nitrogens with zero attached hydrogens (tertiary/aromatic N) is 2. The van der Waals surface area contributed by atoms with E-state index in [0.29, 0.717) is 23.6 Å². The maximum absolute atomic E-state index is 12.3. The fraction of sp³-hybridized carbons (Fsp3) is 0.188. The first-order valence-corrected chi connectivity index (χ1v) is 7.34. The van der Waals surface area contributed by atoms with Crippen molar-refractivity contribution in [3.8, 4) is 5.75 Å². The van der Waals surface area contributed by atoms with E-state index in [-0.39, 0.29) is 11.1 Å². The molecule has 6 nitrogen and oxygen atoms in total. The van der Waals surface area contributed by atoms with Gasteiger partial charge in [0.25, 0.3) is 5.91 Å². The lowest BCUT2D eigenvalue weighted by Crippen LogP contribution is -2.28. The van der Waals surface area contributed by atoms with Crippen LogP contribution in [0.2, 0.25) is 5.15 Å². The number of benzene rings is 1. The van der Waals surface area contributed by atoms with Gasteiger partial charge >= 0.3 is 0 Å². The number of para-hydroxylation sites is 1. The van der Waals surface area contributed by atoms with Gasteiger partial charge in [-0.1, -0.05) is 28.9 Å². The van der Waals surface area contributed by atoms with Crippen LogP contribution in [0, 0.1) is 0 Å². The second kappa shape index (κ2) is 6.66. The minimum atomic E-state index is -0.716. The lowest BCUT2D eigenvalue weighted by molar-refractivity contribution is -0.125. The Morgan fingerprint density at radius 2 is 2.17 bits per heavy atom. The third-order valence-electron chi connectivity index (χ3n) is 3.40. The summed E-state index contributed by atoms with van der Waals surface area (Å²) in [6, 6.07) is 10.8.